The predicted octanol–water partition coefficient (Wildman–Crippen LogP) is 1.27. The highest BCUT2D eigenvalue weighted by molar-refractivity contribution is 5.80. The van der Waals surface area contributed by atoms with Gasteiger partial charge in [0.15, 0.2) is 0 Å². The van der Waals surface area contributed by atoms with Gasteiger partial charge in [0, 0.05) is 26.1 Å². The average Bonchev–Trinajstić information content (AvgIpc) is 2.38. The molecule has 0 aromatic rings. The Labute approximate surface area is 107 Å². The molecule has 0 saturated carbocycles. The van der Waals surface area contributed by atoms with Gasteiger partial charge in [-0.25, -0.2) is 0 Å². The number of carboxylic acid groups (broad SMARTS) is 1. The summed E-state index contributed by atoms with van der Waals surface area (Å²) in [5.41, 5.74) is 0. The summed E-state index contributed by atoms with van der Waals surface area (Å²) in [6, 6.07) is 0. The SMILES string of the molecule is O=C(O)C1CCC(=O)N(CCC2CCCCO2)C1. The van der Waals surface area contributed by atoms with Crippen LogP contribution in [0, 0.1) is 5.92 Å². The van der Waals surface area contributed by atoms with Crippen molar-refractivity contribution in [1.29, 1.82) is 0 Å². The number of likely N-dealkylation sites (tertiary alicyclic amines) is 1. The van der Waals surface area contributed by atoms with Crippen LogP contribution in [0.3, 0.4) is 0 Å². The summed E-state index contributed by atoms with van der Waals surface area (Å²) in [7, 11) is 0. The van der Waals surface area contributed by atoms with Crippen LogP contribution in [0.25, 0.3) is 0 Å². The highest BCUT2D eigenvalue weighted by Gasteiger charge is 2.30. The maximum atomic E-state index is 11.7. The van der Waals surface area contributed by atoms with E-state index in [1.807, 2.05) is 0 Å². The highest BCUT2D eigenvalue weighted by Crippen LogP contribution is 2.20. The lowest BCUT2D eigenvalue weighted by Gasteiger charge is -2.32. The molecule has 0 aromatic heterocycles. The number of rotatable bonds is 4. The number of piperidine rings is 1. The van der Waals surface area contributed by atoms with E-state index in [0.29, 0.717) is 25.9 Å². The molecule has 2 atom stereocenters. The van der Waals surface area contributed by atoms with Crippen LogP contribution in [0.4, 0.5) is 0 Å². The predicted molar refractivity (Wildman–Crippen MR) is 65.1 cm³/mol. The van der Waals surface area contributed by atoms with Crippen molar-refractivity contribution in [2.24, 2.45) is 5.92 Å². The van der Waals surface area contributed by atoms with Crippen molar-refractivity contribution < 1.29 is 19.4 Å². The van der Waals surface area contributed by atoms with Crippen molar-refractivity contribution >= 4 is 11.9 Å². The van der Waals surface area contributed by atoms with Gasteiger partial charge in [-0.15, -0.1) is 0 Å². The summed E-state index contributed by atoms with van der Waals surface area (Å²) >= 11 is 0. The average molecular weight is 255 g/mol. The molecule has 0 spiro atoms. The first-order valence-electron chi connectivity index (χ1n) is 6.79. The number of nitrogens with zero attached hydrogens (tertiary/aromatic N) is 1. The molecule has 1 amide bonds. The number of hydrogen-bond acceptors (Lipinski definition) is 3. The lowest BCUT2D eigenvalue weighted by molar-refractivity contribution is -0.147. The van der Waals surface area contributed by atoms with E-state index in [1.165, 1.54) is 6.42 Å². The molecule has 18 heavy (non-hydrogen) atoms. The number of hydrogen-bond donors (Lipinski definition) is 1. The fourth-order valence-electron chi connectivity index (χ4n) is 2.67. The molecule has 0 aliphatic carbocycles. The zero-order chi connectivity index (χ0) is 13.0. The topological polar surface area (TPSA) is 66.8 Å². The lowest BCUT2D eigenvalue weighted by Crippen LogP contribution is -2.43. The first-order chi connectivity index (χ1) is 8.66. The summed E-state index contributed by atoms with van der Waals surface area (Å²) in [5, 5.41) is 9.00. The maximum Gasteiger partial charge on any atom is 0.308 e. The quantitative estimate of drug-likeness (QED) is 0.821. The minimum absolute atomic E-state index is 0.0864. The molecule has 2 aliphatic heterocycles. The van der Waals surface area contributed by atoms with Gasteiger partial charge in [-0.1, -0.05) is 0 Å². The van der Waals surface area contributed by atoms with Gasteiger partial charge in [0.1, 0.15) is 0 Å². The van der Waals surface area contributed by atoms with Crippen LogP contribution >= 0.6 is 0 Å². The Kier molecular flexibility index (Phi) is 4.58. The molecule has 2 rings (SSSR count). The maximum absolute atomic E-state index is 11.7. The van der Waals surface area contributed by atoms with E-state index in [9.17, 15) is 9.59 Å². The van der Waals surface area contributed by atoms with Crippen LogP contribution in [-0.2, 0) is 14.3 Å². The van der Waals surface area contributed by atoms with E-state index < -0.39 is 11.9 Å². The Morgan fingerprint density at radius 3 is 2.89 bits per heavy atom. The van der Waals surface area contributed by atoms with Crippen molar-refractivity contribution in [2.75, 3.05) is 19.7 Å². The van der Waals surface area contributed by atoms with Gasteiger partial charge in [-0.3, -0.25) is 9.59 Å². The first-order valence-corrected chi connectivity index (χ1v) is 6.79. The number of amides is 1. The minimum atomic E-state index is -0.790. The van der Waals surface area contributed by atoms with Crippen LogP contribution in [0.15, 0.2) is 0 Å². The molecule has 5 heteroatoms. The Hall–Kier alpha value is -1.10. The summed E-state index contributed by atoms with van der Waals surface area (Å²) in [4.78, 5) is 24.4. The van der Waals surface area contributed by atoms with Crippen LogP contribution in [0.5, 0.6) is 0 Å². The summed E-state index contributed by atoms with van der Waals surface area (Å²) < 4.78 is 5.62. The van der Waals surface area contributed by atoms with E-state index in [-0.39, 0.29) is 12.0 Å². The largest absolute Gasteiger partial charge is 0.481 e. The number of carbonyl (C=O) groups is 2. The van der Waals surface area contributed by atoms with Crippen molar-refractivity contribution in [3.63, 3.8) is 0 Å². The second-order valence-electron chi connectivity index (χ2n) is 5.19. The molecule has 102 valence electrons. The highest BCUT2D eigenvalue weighted by atomic mass is 16.5. The Morgan fingerprint density at radius 1 is 1.39 bits per heavy atom. The smallest absolute Gasteiger partial charge is 0.308 e. The molecule has 2 saturated heterocycles. The van der Waals surface area contributed by atoms with Crippen molar-refractivity contribution in [3.8, 4) is 0 Å². The third-order valence-corrected chi connectivity index (χ3v) is 3.84. The zero-order valence-electron chi connectivity index (χ0n) is 10.6. The first kappa shape index (κ1) is 13.3. The second-order valence-corrected chi connectivity index (χ2v) is 5.19. The molecular formula is C13H21NO4. The second kappa shape index (κ2) is 6.18. The number of ether oxygens (including phenoxy) is 1. The molecule has 0 aromatic carbocycles. The van der Waals surface area contributed by atoms with Gasteiger partial charge in [-0.05, 0) is 32.1 Å². The van der Waals surface area contributed by atoms with Gasteiger partial charge < -0.3 is 14.7 Å². The third-order valence-electron chi connectivity index (χ3n) is 3.84. The zero-order valence-corrected chi connectivity index (χ0v) is 10.6. The molecule has 2 aliphatic rings. The lowest BCUT2D eigenvalue weighted by atomic mass is 9.97. The fourth-order valence-corrected chi connectivity index (χ4v) is 2.67. The molecule has 0 radical (unpaired) electrons. The van der Waals surface area contributed by atoms with Gasteiger partial charge in [0.2, 0.25) is 5.91 Å². The summed E-state index contributed by atoms with van der Waals surface area (Å²) in [5.74, 6) is -1.10. The van der Waals surface area contributed by atoms with Crippen molar-refractivity contribution in [2.45, 2.75) is 44.6 Å². The molecule has 1 N–H and O–H groups in total. The van der Waals surface area contributed by atoms with Crippen LogP contribution in [-0.4, -0.2) is 47.7 Å². The number of carboxylic acids is 1. The number of aliphatic carboxylic acids is 1. The van der Waals surface area contributed by atoms with Crippen LogP contribution < -0.4 is 0 Å². The van der Waals surface area contributed by atoms with Gasteiger partial charge in [0.25, 0.3) is 0 Å². The monoisotopic (exact) mass is 255 g/mol. The summed E-state index contributed by atoms with van der Waals surface area (Å²) in [6.45, 7) is 1.81. The van der Waals surface area contributed by atoms with Crippen molar-refractivity contribution in [1.82, 2.24) is 4.90 Å². The summed E-state index contributed by atoms with van der Waals surface area (Å²) in [6.07, 6.45) is 5.29. The van der Waals surface area contributed by atoms with Gasteiger partial charge in [-0.2, -0.15) is 0 Å². The van der Waals surface area contributed by atoms with Crippen LogP contribution in [0.1, 0.15) is 38.5 Å². The van der Waals surface area contributed by atoms with E-state index in [1.54, 1.807) is 4.90 Å². The molecular weight excluding hydrogens is 234 g/mol. The van der Waals surface area contributed by atoms with Crippen LogP contribution in [0.2, 0.25) is 0 Å². The van der Waals surface area contributed by atoms with Crippen molar-refractivity contribution in [3.05, 3.63) is 0 Å². The van der Waals surface area contributed by atoms with E-state index >= 15 is 0 Å². The van der Waals surface area contributed by atoms with Gasteiger partial charge >= 0.3 is 5.97 Å². The molecule has 2 heterocycles. The fraction of sp³-hybridized carbons (Fsp3) is 0.846. The van der Waals surface area contributed by atoms with Gasteiger partial charge in [0.05, 0.1) is 12.0 Å². The normalized spacial score (nSPS) is 29.3. The molecule has 2 fully saturated rings. The Morgan fingerprint density at radius 2 is 2.22 bits per heavy atom. The Bertz CT molecular complexity index is 312. The third kappa shape index (κ3) is 3.45. The Balaban J connectivity index is 1.79. The minimum Gasteiger partial charge on any atom is -0.481 e. The van der Waals surface area contributed by atoms with E-state index in [0.717, 1.165) is 25.9 Å². The number of carbonyl (C=O) groups excluding carboxylic acids is 1. The van der Waals surface area contributed by atoms with E-state index in [4.69, 9.17) is 9.84 Å². The standard InChI is InChI=1S/C13H21NO4/c15-12-5-4-10(13(16)17)9-14(12)7-6-11-3-1-2-8-18-11/h10-11H,1-9H2,(H,16,17). The van der Waals surface area contributed by atoms with E-state index in [2.05, 4.69) is 0 Å². The molecule has 2 unspecified atom stereocenters. The molecule has 5 nitrogen and oxygen atoms in total. The molecule has 0 bridgehead atoms.